The molecule has 0 bridgehead atoms. The Morgan fingerprint density at radius 2 is 2.04 bits per heavy atom. The lowest BCUT2D eigenvalue weighted by Gasteiger charge is -2.36. The van der Waals surface area contributed by atoms with Crippen LogP contribution >= 0.6 is 0 Å². The second kappa shape index (κ2) is 6.72. The summed E-state index contributed by atoms with van der Waals surface area (Å²) >= 11 is 0. The standard InChI is InChI=1S/C19H22F2N6O/c20-17(21)13-4-2-8-26(13)19(28)25-7-1-3-12(11-25)15-9-23-16-10-24-18-14(27(15)16)5-6-22-18/h5-6,9-10,12-13,17,22H,1-4,7-8,11H2/t12-,13-/m1/s1. The summed E-state index contributed by atoms with van der Waals surface area (Å²) in [6, 6.07) is 0.757. The molecule has 2 aliphatic heterocycles. The molecule has 148 valence electrons. The number of hydrogen-bond acceptors (Lipinski definition) is 3. The van der Waals surface area contributed by atoms with Crippen molar-refractivity contribution in [3.63, 3.8) is 0 Å². The van der Waals surface area contributed by atoms with Crippen LogP contribution in [0.15, 0.2) is 24.7 Å². The van der Waals surface area contributed by atoms with Gasteiger partial charge in [0.25, 0.3) is 6.43 Å². The number of carbonyl (C=O) groups excluding carboxylic acids is 1. The topological polar surface area (TPSA) is 69.5 Å². The van der Waals surface area contributed by atoms with E-state index in [0.29, 0.717) is 32.5 Å². The van der Waals surface area contributed by atoms with Crippen molar-refractivity contribution in [3.05, 3.63) is 30.4 Å². The summed E-state index contributed by atoms with van der Waals surface area (Å²) in [7, 11) is 0. The predicted molar refractivity (Wildman–Crippen MR) is 99.5 cm³/mol. The molecule has 28 heavy (non-hydrogen) atoms. The number of rotatable bonds is 2. The lowest BCUT2D eigenvalue weighted by molar-refractivity contribution is 0.0485. The van der Waals surface area contributed by atoms with E-state index in [9.17, 15) is 13.6 Å². The number of aromatic nitrogens is 4. The second-order valence-electron chi connectivity index (χ2n) is 7.65. The molecule has 1 N–H and O–H groups in total. The van der Waals surface area contributed by atoms with Crippen LogP contribution in [0, 0.1) is 0 Å². The van der Waals surface area contributed by atoms with Crippen LogP contribution in [-0.2, 0) is 0 Å². The highest BCUT2D eigenvalue weighted by molar-refractivity contribution is 5.76. The number of likely N-dealkylation sites (tertiary alicyclic amines) is 2. The second-order valence-corrected chi connectivity index (χ2v) is 7.65. The van der Waals surface area contributed by atoms with E-state index in [1.807, 2.05) is 18.5 Å². The highest BCUT2D eigenvalue weighted by Gasteiger charge is 2.38. The van der Waals surface area contributed by atoms with E-state index in [4.69, 9.17) is 0 Å². The number of amides is 2. The molecule has 9 heteroatoms. The molecule has 2 fully saturated rings. The van der Waals surface area contributed by atoms with Crippen molar-refractivity contribution >= 4 is 22.8 Å². The van der Waals surface area contributed by atoms with Gasteiger partial charge in [-0.15, -0.1) is 0 Å². The van der Waals surface area contributed by atoms with E-state index in [0.717, 1.165) is 35.3 Å². The van der Waals surface area contributed by atoms with E-state index in [1.165, 1.54) is 4.90 Å². The van der Waals surface area contributed by atoms with Crippen LogP contribution in [0.2, 0.25) is 0 Å². The van der Waals surface area contributed by atoms with Crippen LogP contribution in [0.3, 0.4) is 0 Å². The van der Waals surface area contributed by atoms with Gasteiger partial charge in [-0.2, -0.15) is 0 Å². The molecular weight excluding hydrogens is 366 g/mol. The summed E-state index contributed by atoms with van der Waals surface area (Å²) in [6.45, 7) is 1.55. The van der Waals surface area contributed by atoms with Crippen molar-refractivity contribution < 1.29 is 13.6 Å². The smallest absolute Gasteiger partial charge is 0.320 e. The number of H-pyrrole nitrogens is 1. The summed E-state index contributed by atoms with van der Waals surface area (Å²) in [5.41, 5.74) is 3.53. The van der Waals surface area contributed by atoms with Gasteiger partial charge in [0.1, 0.15) is 0 Å². The SMILES string of the molecule is O=C(N1CCC[C@@H](c2cnc3cnc4[nH]ccc4n23)C1)N1CCC[C@@H]1C(F)F. The predicted octanol–water partition coefficient (Wildman–Crippen LogP) is 3.24. The third-order valence-corrected chi connectivity index (χ3v) is 6.02. The molecular formula is C19H22F2N6O. The summed E-state index contributed by atoms with van der Waals surface area (Å²) < 4.78 is 28.6. The number of nitrogens with one attached hydrogen (secondary N) is 1. The van der Waals surface area contributed by atoms with Gasteiger partial charge in [-0.3, -0.25) is 4.40 Å². The van der Waals surface area contributed by atoms with Gasteiger partial charge in [0.15, 0.2) is 11.3 Å². The van der Waals surface area contributed by atoms with Gasteiger partial charge in [-0.05, 0) is 31.7 Å². The Morgan fingerprint density at radius 1 is 1.18 bits per heavy atom. The number of nitrogens with zero attached hydrogens (tertiary/aromatic N) is 5. The maximum atomic E-state index is 13.3. The lowest BCUT2D eigenvalue weighted by atomic mass is 9.95. The summed E-state index contributed by atoms with van der Waals surface area (Å²) in [4.78, 5) is 28.0. The molecule has 0 aliphatic carbocycles. The molecule has 2 aliphatic rings. The zero-order valence-corrected chi connectivity index (χ0v) is 15.4. The molecule has 0 unspecified atom stereocenters. The number of hydrogen-bond donors (Lipinski definition) is 1. The average molecular weight is 388 g/mol. The van der Waals surface area contributed by atoms with Crippen LogP contribution in [0.1, 0.15) is 37.3 Å². The normalized spacial score (nSPS) is 23.4. The van der Waals surface area contributed by atoms with Crippen molar-refractivity contribution in [1.29, 1.82) is 0 Å². The Bertz CT molecular complexity index is 1010. The molecule has 7 nitrogen and oxygen atoms in total. The zero-order valence-electron chi connectivity index (χ0n) is 15.4. The molecule has 5 rings (SSSR count). The summed E-state index contributed by atoms with van der Waals surface area (Å²) in [5.74, 6) is 0.112. The van der Waals surface area contributed by atoms with E-state index in [1.54, 1.807) is 11.1 Å². The Morgan fingerprint density at radius 3 is 2.89 bits per heavy atom. The molecule has 0 spiro atoms. The number of alkyl halides is 2. The largest absolute Gasteiger partial charge is 0.345 e. The summed E-state index contributed by atoms with van der Waals surface area (Å²) in [5, 5.41) is 0. The third-order valence-electron chi connectivity index (χ3n) is 6.02. The number of carbonyl (C=O) groups is 1. The van der Waals surface area contributed by atoms with Gasteiger partial charge >= 0.3 is 6.03 Å². The molecule has 3 aromatic heterocycles. The van der Waals surface area contributed by atoms with Crippen LogP contribution in [0.5, 0.6) is 0 Å². The Labute approximate surface area is 160 Å². The van der Waals surface area contributed by atoms with Gasteiger partial charge in [-0.25, -0.2) is 23.5 Å². The minimum absolute atomic E-state index is 0.112. The van der Waals surface area contributed by atoms with Crippen LogP contribution in [0.4, 0.5) is 13.6 Å². The van der Waals surface area contributed by atoms with Gasteiger partial charge in [0.05, 0.1) is 17.8 Å². The van der Waals surface area contributed by atoms with Crippen molar-refractivity contribution in [2.75, 3.05) is 19.6 Å². The molecule has 5 heterocycles. The highest BCUT2D eigenvalue weighted by Crippen LogP contribution is 2.31. The lowest BCUT2D eigenvalue weighted by Crippen LogP contribution is -2.50. The van der Waals surface area contributed by atoms with Gasteiger partial charge in [-0.1, -0.05) is 0 Å². The first-order valence-corrected chi connectivity index (χ1v) is 9.76. The monoisotopic (exact) mass is 388 g/mol. The highest BCUT2D eigenvalue weighted by atomic mass is 19.3. The Hall–Kier alpha value is -2.71. The van der Waals surface area contributed by atoms with Gasteiger partial charge in [0.2, 0.25) is 0 Å². The number of urea groups is 1. The molecule has 0 aromatic carbocycles. The first-order chi connectivity index (χ1) is 13.6. The Kier molecular flexibility index (Phi) is 4.17. The maximum absolute atomic E-state index is 13.3. The van der Waals surface area contributed by atoms with Crippen LogP contribution in [-0.4, -0.2) is 67.3 Å². The summed E-state index contributed by atoms with van der Waals surface area (Å²) in [6.07, 6.45) is 5.74. The van der Waals surface area contributed by atoms with Gasteiger partial charge < -0.3 is 14.8 Å². The number of imidazole rings is 1. The fraction of sp³-hybridized carbons (Fsp3) is 0.526. The van der Waals surface area contributed by atoms with Crippen molar-refractivity contribution in [2.45, 2.75) is 44.1 Å². The fourth-order valence-electron chi connectivity index (χ4n) is 4.65. The minimum atomic E-state index is -2.49. The van der Waals surface area contributed by atoms with Crippen LogP contribution < -0.4 is 0 Å². The zero-order chi connectivity index (χ0) is 19.3. The first kappa shape index (κ1) is 17.4. The van der Waals surface area contributed by atoms with Crippen molar-refractivity contribution in [3.8, 4) is 0 Å². The minimum Gasteiger partial charge on any atom is -0.345 e. The van der Waals surface area contributed by atoms with Crippen molar-refractivity contribution in [2.24, 2.45) is 0 Å². The fourth-order valence-corrected chi connectivity index (χ4v) is 4.65. The third kappa shape index (κ3) is 2.71. The number of halogens is 2. The molecule has 2 atom stereocenters. The van der Waals surface area contributed by atoms with E-state index in [2.05, 4.69) is 19.4 Å². The average Bonchev–Trinajstić information content (AvgIpc) is 3.45. The van der Waals surface area contributed by atoms with Gasteiger partial charge in [0, 0.05) is 43.6 Å². The number of fused-ring (bicyclic) bond motifs is 3. The maximum Gasteiger partial charge on any atom is 0.320 e. The molecule has 3 aromatic rings. The van der Waals surface area contributed by atoms with Crippen LogP contribution in [0.25, 0.3) is 16.8 Å². The Balaban J connectivity index is 1.43. The first-order valence-electron chi connectivity index (χ1n) is 9.76. The molecule has 2 saturated heterocycles. The molecule has 2 amide bonds. The molecule has 0 saturated carbocycles. The van der Waals surface area contributed by atoms with E-state index < -0.39 is 12.5 Å². The molecule has 0 radical (unpaired) electrons. The quantitative estimate of drug-likeness (QED) is 0.733. The number of piperidine rings is 1. The van der Waals surface area contributed by atoms with Crippen molar-refractivity contribution in [1.82, 2.24) is 29.2 Å². The van der Waals surface area contributed by atoms with E-state index >= 15 is 0 Å². The number of aromatic amines is 1. The van der Waals surface area contributed by atoms with E-state index in [-0.39, 0.29) is 11.9 Å².